The van der Waals surface area contributed by atoms with Crippen molar-refractivity contribution in [3.8, 4) is 0 Å². The van der Waals surface area contributed by atoms with Crippen LogP contribution in [0.5, 0.6) is 0 Å². The van der Waals surface area contributed by atoms with Crippen molar-refractivity contribution in [1.29, 1.82) is 0 Å². The minimum absolute atomic E-state index is 0.360. The molecule has 1 amide bonds. The molecule has 1 aliphatic carbocycles. The number of rotatable bonds is 0. The molecule has 0 aromatic rings. The number of hydrogen-bond donors (Lipinski definition) is 1. The van der Waals surface area contributed by atoms with E-state index in [0.29, 0.717) is 11.3 Å². The molecule has 0 aromatic heterocycles. The Labute approximate surface area is 59.6 Å². The van der Waals surface area contributed by atoms with Gasteiger partial charge in [-0.25, -0.2) is 4.79 Å². The Kier molecular flexibility index (Phi) is 0.881. The number of nitrogens with zero attached hydrogens (tertiary/aromatic N) is 1. The summed E-state index contributed by atoms with van der Waals surface area (Å²) in [5, 5.41) is 8.59. The largest absolute Gasteiger partial charge is 0.465 e. The van der Waals surface area contributed by atoms with Crippen molar-refractivity contribution >= 4 is 6.09 Å². The second-order valence-electron chi connectivity index (χ2n) is 3.72. The van der Waals surface area contributed by atoms with Gasteiger partial charge in [0.1, 0.15) is 0 Å². The average Bonchev–Trinajstić information content (AvgIpc) is 2.32. The van der Waals surface area contributed by atoms with E-state index in [1.165, 1.54) is 11.3 Å². The van der Waals surface area contributed by atoms with Crippen LogP contribution in [-0.2, 0) is 0 Å². The Balaban J connectivity index is 2.04. The van der Waals surface area contributed by atoms with Crippen molar-refractivity contribution in [2.75, 3.05) is 13.1 Å². The molecule has 2 atom stereocenters. The molecule has 0 spiro atoms. The first-order valence-electron chi connectivity index (χ1n) is 3.60. The molecular weight excluding hydrogens is 130 g/mol. The van der Waals surface area contributed by atoms with Crippen molar-refractivity contribution < 1.29 is 9.90 Å². The van der Waals surface area contributed by atoms with E-state index in [0.717, 1.165) is 13.1 Å². The van der Waals surface area contributed by atoms with Gasteiger partial charge in [-0.05, 0) is 17.8 Å². The van der Waals surface area contributed by atoms with E-state index in [9.17, 15) is 4.79 Å². The molecule has 1 aliphatic heterocycles. The normalized spacial score (nSPS) is 43.3. The Morgan fingerprint density at radius 2 is 2.50 bits per heavy atom. The molecule has 56 valence electrons. The van der Waals surface area contributed by atoms with Crippen LogP contribution in [0.4, 0.5) is 4.79 Å². The Morgan fingerprint density at radius 3 is 2.80 bits per heavy atom. The Morgan fingerprint density at radius 1 is 1.80 bits per heavy atom. The third-order valence-electron chi connectivity index (χ3n) is 2.80. The topological polar surface area (TPSA) is 40.5 Å². The van der Waals surface area contributed by atoms with E-state index in [2.05, 4.69) is 6.92 Å². The molecule has 0 radical (unpaired) electrons. The second-order valence-corrected chi connectivity index (χ2v) is 3.72. The summed E-state index contributed by atoms with van der Waals surface area (Å²) in [6, 6.07) is 0. The second kappa shape index (κ2) is 1.47. The van der Waals surface area contributed by atoms with Crippen molar-refractivity contribution in [2.24, 2.45) is 11.3 Å². The van der Waals surface area contributed by atoms with Gasteiger partial charge in [0.05, 0.1) is 0 Å². The fourth-order valence-corrected chi connectivity index (χ4v) is 1.89. The van der Waals surface area contributed by atoms with Gasteiger partial charge in [0, 0.05) is 13.1 Å². The summed E-state index contributed by atoms with van der Waals surface area (Å²) < 4.78 is 0. The number of likely N-dealkylation sites (tertiary alicyclic amines) is 1. The van der Waals surface area contributed by atoms with Crippen molar-refractivity contribution in [1.82, 2.24) is 4.90 Å². The van der Waals surface area contributed by atoms with Crippen LogP contribution in [0.1, 0.15) is 13.3 Å². The fourth-order valence-electron chi connectivity index (χ4n) is 1.89. The monoisotopic (exact) mass is 141 g/mol. The lowest BCUT2D eigenvalue weighted by atomic mass is 10.1. The lowest BCUT2D eigenvalue weighted by Gasteiger charge is -2.14. The van der Waals surface area contributed by atoms with Crippen LogP contribution >= 0.6 is 0 Å². The molecule has 1 heterocycles. The highest BCUT2D eigenvalue weighted by atomic mass is 16.4. The van der Waals surface area contributed by atoms with Gasteiger partial charge in [-0.2, -0.15) is 0 Å². The summed E-state index contributed by atoms with van der Waals surface area (Å²) in [5.74, 6) is 0.670. The first-order chi connectivity index (χ1) is 4.62. The minimum atomic E-state index is -0.756. The summed E-state index contributed by atoms with van der Waals surface area (Å²) in [6.07, 6.45) is 0.477. The number of amides is 1. The van der Waals surface area contributed by atoms with Gasteiger partial charge in [0.2, 0.25) is 0 Å². The quantitative estimate of drug-likeness (QED) is 0.546. The molecule has 0 aromatic carbocycles. The van der Waals surface area contributed by atoms with Crippen LogP contribution < -0.4 is 0 Å². The van der Waals surface area contributed by atoms with Crippen LogP contribution in [0.3, 0.4) is 0 Å². The molecule has 2 rings (SSSR count). The zero-order chi connectivity index (χ0) is 7.35. The maximum absolute atomic E-state index is 10.4. The van der Waals surface area contributed by atoms with Crippen molar-refractivity contribution in [2.45, 2.75) is 13.3 Å². The highest BCUT2D eigenvalue weighted by molar-refractivity contribution is 5.66. The molecule has 1 saturated carbocycles. The summed E-state index contributed by atoms with van der Waals surface area (Å²) in [4.78, 5) is 12.0. The number of carbonyl (C=O) groups is 1. The van der Waals surface area contributed by atoms with Crippen LogP contribution in [0.25, 0.3) is 0 Å². The molecule has 2 fully saturated rings. The predicted molar refractivity (Wildman–Crippen MR) is 35.8 cm³/mol. The van der Waals surface area contributed by atoms with Gasteiger partial charge in [-0.15, -0.1) is 0 Å². The first kappa shape index (κ1) is 6.01. The minimum Gasteiger partial charge on any atom is -0.465 e. The van der Waals surface area contributed by atoms with Gasteiger partial charge in [0.25, 0.3) is 0 Å². The van der Waals surface area contributed by atoms with E-state index in [4.69, 9.17) is 5.11 Å². The zero-order valence-electron chi connectivity index (χ0n) is 6.00. The van der Waals surface area contributed by atoms with Crippen molar-refractivity contribution in [3.63, 3.8) is 0 Å². The Bertz CT molecular complexity index is 192. The van der Waals surface area contributed by atoms with Gasteiger partial charge in [-0.3, -0.25) is 0 Å². The molecular formula is C7H11NO2. The van der Waals surface area contributed by atoms with Crippen LogP contribution in [-0.4, -0.2) is 29.2 Å². The summed E-state index contributed by atoms with van der Waals surface area (Å²) >= 11 is 0. The van der Waals surface area contributed by atoms with E-state index in [1.807, 2.05) is 0 Å². The number of hydrogen-bond acceptors (Lipinski definition) is 1. The first-order valence-corrected chi connectivity index (χ1v) is 3.60. The van der Waals surface area contributed by atoms with Gasteiger partial charge < -0.3 is 10.0 Å². The molecule has 10 heavy (non-hydrogen) atoms. The lowest BCUT2D eigenvalue weighted by molar-refractivity contribution is 0.148. The maximum Gasteiger partial charge on any atom is 0.407 e. The molecule has 1 N–H and O–H groups in total. The molecule has 3 nitrogen and oxygen atoms in total. The molecule has 3 heteroatoms. The van der Waals surface area contributed by atoms with Crippen LogP contribution in [0.2, 0.25) is 0 Å². The average molecular weight is 141 g/mol. The van der Waals surface area contributed by atoms with Crippen LogP contribution in [0.15, 0.2) is 0 Å². The van der Waals surface area contributed by atoms with E-state index in [-0.39, 0.29) is 0 Å². The highest BCUT2D eigenvalue weighted by Crippen LogP contribution is 2.57. The zero-order valence-corrected chi connectivity index (χ0v) is 6.00. The van der Waals surface area contributed by atoms with E-state index >= 15 is 0 Å². The van der Waals surface area contributed by atoms with E-state index in [1.54, 1.807) is 0 Å². The molecule has 2 aliphatic rings. The SMILES string of the molecule is CC12CC1CN(C(=O)O)C2. The van der Waals surface area contributed by atoms with Crippen molar-refractivity contribution in [3.05, 3.63) is 0 Å². The predicted octanol–water partition coefficient (Wildman–Crippen LogP) is 1.01. The number of piperidine rings is 1. The summed E-state index contributed by atoms with van der Waals surface area (Å²) in [6.45, 7) is 3.69. The Hall–Kier alpha value is -0.730. The number of fused-ring (bicyclic) bond motifs is 1. The molecule has 2 unspecified atom stereocenters. The number of carboxylic acid groups (broad SMARTS) is 1. The van der Waals surface area contributed by atoms with Crippen LogP contribution in [0, 0.1) is 11.3 Å². The molecule has 0 bridgehead atoms. The smallest absolute Gasteiger partial charge is 0.407 e. The van der Waals surface area contributed by atoms with Gasteiger partial charge >= 0.3 is 6.09 Å². The highest BCUT2D eigenvalue weighted by Gasteiger charge is 2.57. The molecule has 1 saturated heterocycles. The van der Waals surface area contributed by atoms with E-state index < -0.39 is 6.09 Å². The summed E-state index contributed by atoms with van der Waals surface area (Å²) in [7, 11) is 0. The standard InChI is InChI=1S/C7H11NO2/c1-7-2-5(7)3-8(4-7)6(9)10/h5H,2-4H2,1H3,(H,9,10). The third-order valence-corrected chi connectivity index (χ3v) is 2.80. The van der Waals surface area contributed by atoms with Gasteiger partial charge in [0.15, 0.2) is 0 Å². The fraction of sp³-hybridized carbons (Fsp3) is 0.857. The summed E-state index contributed by atoms with van der Waals surface area (Å²) in [5.41, 5.74) is 0.360. The maximum atomic E-state index is 10.4. The third kappa shape index (κ3) is 0.632. The lowest BCUT2D eigenvalue weighted by Crippen LogP contribution is -2.29. The van der Waals surface area contributed by atoms with Gasteiger partial charge in [-0.1, -0.05) is 6.92 Å².